The Hall–Kier alpha value is -6.36. The van der Waals surface area contributed by atoms with Crippen LogP contribution in [0.15, 0.2) is 78.6 Å². The first-order chi connectivity index (χ1) is 36.1. The number of anilines is 2. The molecule has 400 valence electrons. The van der Waals surface area contributed by atoms with Crippen molar-refractivity contribution < 1.29 is 28.7 Å². The lowest BCUT2D eigenvalue weighted by molar-refractivity contribution is -0.130. The SMILES string of the molecule is CC.CCCN(CCc1cccc(C(=O)N2CCN(CC3CCN(C(=O)c4ccc(N5CCN(Cc6cnc(/C=C(\C)CC)c(NC=O)c6)CC5)cn4)CC3)CC2)c1)C(=O)CNCc1ccc(OC)cc1OCC. The van der Waals surface area contributed by atoms with Gasteiger partial charge in [-0.2, -0.15) is 0 Å². The Labute approximate surface area is 440 Å². The van der Waals surface area contributed by atoms with Crippen LogP contribution in [0, 0.1) is 5.92 Å². The molecule has 2 aromatic carbocycles. The Balaban J connectivity index is 0.00000440. The molecule has 0 spiro atoms. The molecule has 3 fully saturated rings. The van der Waals surface area contributed by atoms with Crippen LogP contribution in [0.2, 0.25) is 0 Å². The second-order valence-corrected chi connectivity index (χ2v) is 19.2. The summed E-state index contributed by atoms with van der Waals surface area (Å²) < 4.78 is 11.1. The number of carbonyl (C=O) groups excluding carboxylic acids is 4. The molecule has 16 heteroatoms. The number of nitrogens with zero attached hydrogens (tertiary/aromatic N) is 8. The first-order valence-electron chi connectivity index (χ1n) is 27.1. The highest BCUT2D eigenvalue weighted by molar-refractivity contribution is 5.94. The van der Waals surface area contributed by atoms with Crippen LogP contribution in [-0.2, 0) is 29.1 Å². The number of aromatic nitrogens is 2. The summed E-state index contributed by atoms with van der Waals surface area (Å²) in [5, 5.41) is 6.12. The van der Waals surface area contributed by atoms with E-state index in [2.05, 4.69) is 56.1 Å². The Bertz CT molecular complexity index is 2440. The lowest BCUT2D eigenvalue weighted by Gasteiger charge is -2.39. The normalized spacial score (nSPS) is 15.8. The van der Waals surface area contributed by atoms with Gasteiger partial charge in [0.2, 0.25) is 12.3 Å². The number of hydrogen-bond donors (Lipinski definition) is 2. The fraction of sp³-hybridized carbons (Fsp3) is 0.517. The van der Waals surface area contributed by atoms with Crippen LogP contribution >= 0.6 is 0 Å². The molecule has 7 rings (SSSR count). The summed E-state index contributed by atoms with van der Waals surface area (Å²) in [6, 6.07) is 19.5. The molecule has 4 aromatic rings. The van der Waals surface area contributed by atoms with Crippen molar-refractivity contribution in [2.24, 2.45) is 5.92 Å². The van der Waals surface area contributed by atoms with Gasteiger partial charge in [-0.15, -0.1) is 0 Å². The molecule has 0 unspecified atom stereocenters. The summed E-state index contributed by atoms with van der Waals surface area (Å²) in [6.07, 6.45) is 10.8. The molecular weight excluding hydrogens is 933 g/mol. The van der Waals surface area contributed by atoms with E-state index < -0.39 is 0 Å². The molecule has 0 saturated carbocycles. The van der Waals surface area contributed by atoms with Gasteiger partial charge in [-0.25, -0.2) is 4.98 Å². The van der Waals surface area contributed by atoms with E-state index in [0.29, 0.717) is 82.4 Å². The number of pyridine rings is 2. The molecule has 0 aliphatic carbocycles. The monoisotopic (exact) mass is 1010 g/mol. The first-order valence-corrected chi connectivity index (χ1v) is 27.1. The third-order valence-corrected chi connectivity index (χ3v) is 14.2. The molecule has 16 nitrogen and oxygen atoms in total. The van der Waals surface area contributed by atoms with Gasteiger partial charge in [0.25, 0.3) is 11.8 Å². The maximum Gasteiger partial charge on any atom is 0.272 e. The van der Waals surface area contributed by atoms with E-state index in [9.17, 15) is 19.2 Å². The van der Waals surface area contributed by atoms with Crippen molar-refractivity contribution in [1.29, 1.82) is 0 Å². The standard InChI is InChI=1S/C56H76N10O6.C2H6/c1-6-19-64(54(68)38-57-36-47-12-14-49(71-5)34-53(47)72-8-3)20-16-43-10-9-11-46(32-43)55(69)66-29-25-61(26-30-66)39-44-17-21-65(22-18-44)56(70)50-15-13-48(37-59-50)63-27-23-62(24-28-63)40-45-33-52(60-41-67)51(58-35-45)31-42(4)7-2;1-2/h9-15,31-35,37,41,44,57H,6-8,16-30,36,38-40H2,1-5H3,(H,60,67);1-2H3/b42-31+;. The smallest absolute Gasteiger partial charge is 0.272 e. The Morgan fingerprint density at radius 2 is 1.54 bits per heavy atom. The van der Waals surface area contributed by atoms with Crippen molar-refractivity contribution in [3.05, 3.63) is 112 Å². The number of allylic oxidation sites excluding steroid dienone is 1. The second kappa shape index (κ2) is 29.5. The lowest BCUT2D eigenvalue weighted by atomic mass is 9.95. The first kappa shape index (κ1) is 56.9. The van der Waals surface area contributed by atoms with Crippen molar-refractivity contribution in [2.75, 3.05) is 116 Å². The zero-order chi connectivity index (χ0) is 52.8. The van der Waals surface area contributed by atoms with E-state index in [4.69, 9.17) is 9.47 Å². The van der Waals surface area contributed by atoms with Gasteiger partial charge >= 0.3 is 0 Å². The Morgan fingerprint density at radius 1 is 0.797 bits per heavy atom. The zero-order valence-electron chi connectivity index (χ0n) is 45.2. The largest absolute Gasteiger partial charge is 0.497 e. The summed E-state index contributed by atoms with van der Waals surface area (Å²) >= 11 is 0. The fourth-order valence-electron chi connectivity index (χ4n) is 9.79. The number of piperazine rings is 2. The highest BCUT2D eigenvalue weighted by Gasteiger charge is 2.29. The highest BCUT2D eigenvalue weighted by atomic mass is 16.5. The van der Waals surface area contributed by atoms with E-state index in [1.807, 2.05) is 115 Å². The fourth-order valence-corrected chi connectivity index (χ4v) is 9.79. The van der Waals surface area contributed by atoms with Gasteiger partial charge in [0.1, 0.15) is 17.2 Å². The number of nitrogens with one attached hydrogen (secondary N) is 2. The lowest BCUT2D eigenvalue weighted by Crippen LogP contribution is -2.50. The third-order valence-electron chi connectivity index (χ3n) is 14.2. The van der Waals surface area contributed by atoms with Gasteiger partial charge in [0, 0.05) is 122 Å². The molecule has 3 aliphatic rings. The molecule has 2 aromatic heterocycles. The maximum atomic E-state index is 13.7. The number of methoxy groups -OCH3 is 1. The van der Waals surface area contributed by atoms with Crippen molar-refractivity contribution in [1.82, 2.24) is 39.8 Å². The van der Waals surface area contributed by atoms with E-state index in [-0.39, 0.29) is 24.3 Å². The van der Waals surface area contributed by atoms with Gasteiger partial charge in [-0.3, -0.25) is 34.0 Å². The van der Waals surface area contributed by atoms with Gasteiger partial charge in [-0.1, -0.05) is 51.5 Å². The minimum atomic E-state index is -0.0119. The van der Waals surface area contributed by atoms with Crippen molar-refractivity contribution in [2.45, 2.75) is 86.7 Å². The van der Waals surface area contributed by atoms with Crippen molar-refractivity contribution in [3.8, 4) is 11.5 Å². The van der Waals surface area contributed by atoms with Crippen LogP contribution < -0.4 is 25.0 Å². The van der Waals surface area contributed by atoms with Gasteiger partial charge in [0.15, 0.2) is 0 Å². The van der Waals surface area contributed by atoms with E-state index in [1.165, 1.54) is 5.57 Å². The summed E-state index contributed by atoms with van der Waals surface area (Å²) in [4.78, 5) is 74.2. The summed E-state index contributed by atoms with van der Waals surface area (Å²) in [5.74, 6) is 2.05. The van der Waals surface area contributed by atoms with Gasteiger partial charge in [0.05, 0.1) is 43.5 Å². The van der Waals surface area contributed by atoms with Crippen LogP contribution in [0.4, 0.5) is 11.4 Å². The van der Waals surface area contributed by atoms with E-state index in [0.717, 1.165) is 123 Å². The summed E-state index contributed by atoms with van der Waals surface area (Å²) in [7, 11) is 1.63. The summed E-state index contributed by atoms with van der Waals surface area (Å²) in [5.41, 5.74) is 7.95. The Kier molecular flexibility index (Phi) is 22.7. The van der Waals surface area contributed by atoms with Crippen LogP contribution in [0.3, 0.4) is 0 Å². The topological polar surface area (TPSA) is 156 Å². The van der Waals surface area contributed by atoms with Gasteiger partial charge < -0.3 is 39.7 Å². The average molecular weight is 1020 g/mol. The van der Waals surface area contributed by atoms with Gasteiger partial charge in [-0.05, 0) is 105 Å². The molecule has 2 N–H and O–H groups in total. The number of hydrogen-bond acceptors (Lipinski definition) is 12. The molecule has 0 bridgehead atoms. The molecular formula is C58H82N10O6. The zero-order valence-corrected chi connectivity index (χ0v) is 45.2. The van der Waals surface area contributed by atoms with Crippen LogP contribution in [0.25, 0.3) is 6.08 Å². The Morgan fingerprint density at radius 3 is 2.22 bits per heavy atom. The number of piperidine rings is 1. The van der Waals surface area contributed by atoms with E-state index in [1.54, 1.807) is 7.11 Å². The predicted octanol–water partition coefficient (Wildman–Crippen LogP) is 7.50. The summed E-state index contributed by atoms with van der Waals surface area (Å²) in [6.45, 7) is 24.3. The second-order valence-electron chi connectivity index (χ2n) is 19.2. The molecule has 3 aliphatic heterocycles. The molecule has 5 heterocycles. The molecule has 3 saturated heterocycles. The highest BCUT2D eigenvalue weighted by Crippen LogP contribution is 2.26. The maximum absolute atomic E-state index is 13.7. The van der Waals surface area contributed by atoms with Crippen molar-refractivity contribution >= 4 is 41.6 Å². The number of benzene rings is 2. The number of ether oxygens (including phenoxy) is 2. The average Bonchev–Trinajstić information content (AvgIpc) is 3.44. The predicted molar refractivity (Wildman–Crippen MR) is 295 cm³/mol. The van der Waals surface area contributed by atoms with Crippen LogP contribution in [0.5, 0.6) is 11.5 Å². The molecule has 0 atom stereocenters. The number of carbonyl (C=O) groups is 4. The molecule has 4 amide bonds. The minimum absolute atomic E-state index is 0.0119. The van der Waals surface area contributed by atoms with Crippen LogP contribution in [0.1, 0.15) is 110 Å². The minimum Gasteiger partial charge on any atom is -0.497 e. The molecule has 0 radical (unpaired) electrons. The van der Waals surface area contributed by atoms with Crippen LogP contribution in [-0.4, -0.2) is 164 Å². The number of amides is 4. The molecule has 74 heavy (non-hydrogen) atoms. The third kappa shape index (κ3) is 16.3. The van der Waals surface area contributed by atoms with Crippen molar-refractivity contribution in [3.63, 3.8) is 0 Å². The number of rotatable bonds is 23. The van der Waals surface area contributed by atoms with E-state index >= 15 is 0 Å². The number of likely N-dealkylation sites (tertiary alicyclic amines) is 1. The quantitative estimate of drug-likeness (QED) is 0.0708.